The number of sulfonamides is 1. The van der Waals surface area contributed by atoms with Gasteiger partial charge in [0, 0.05) is 17.0 Å². The lowest BCUT2D eigenvalue weighted by atomic mass is 9.94. The molecule has 4 aromatic rings. The van der Waals surface area contributed by atoms with Crippen molar-refractivity contribution in [2.75, 3.05) is 10.6 Å². The average Bonchev–Trinajstić information content (AvgIpc) is 2.79. The van der Waals surface area contributed by atoms with Gasteiger partial charge >= 0.3 is 6.18 Å². The largest absolute Gasteiger partial charge is 0.507 e. The van der Waals surface area contributed by atoms with Gasteiger partial charge in [0.25, 0.3) is 0 Å². The highest BCUT2D eigenvalue weighted by atomic mass is 32.2. The van der Waals surface area contributed by atoms with Gasteiger partial charge in [0.05, 0.1) is 17.5 Å². The van der Waals surface area contributed by atoms with Crippen molar-refractivity contribution in [1.29, 1.82) is 0 Å². The molecule has 0 atom stereocenters. The van der Waals surface area contributed by atoms with Crippen molar-refractivity contribution < 1.29 is 26.7 Å². The van der Waals surface area contributed by atoms with Gasteiger partial charge in [0.2, 0.25) is 10.0 Å². The lowest BCUT2D eigenvalue weighted by Gasteiger charge is -2.16. The van der Waals surface area contributed by atoms with Crippen molar-refractivity contribution in [2.45, 2.75) is 6.18 Å². The van der Waals surface area contributed by atoms with Crippen LogP contribution in [0.4, 0.5) is 18.9 Å². The van der Waals surface area contributed by atoms with Crippen LogP contribution in [0.15, 0.2) is 84.9 Å². The van der Waals surface area contributed by atoms with E-state index in [1.807, 2.05) is 30.3 Å². The van der Waals surface area contributed by atoms with Gasteiger partial charge in [-0.15, -0.1) is 0 Å². The molecule has 8 heteroatoms. The second-order valence-corrected chi connectivity index (χ2v) is 9.36. The summed E-state index contributed by atoms with van der Waals surface area (Å²) in [5.74, 6) is 2.99. The first-order chi connectivity index (χ1) is 16.1. The molecule has 0 aliphatic rings. The third-order valence-corrected chi connectivity index (χ3v) is 6.14. The predicted molar refractivity (Wildman–Crippen MR) is 127 cm³/mol. The molecular weight excluding hydrogens is 463 g/mol. The SMILES string of the molecule is CS(=O)(=O)N(C#Cc1ccccc1-c1ccc(O)c2ccccc12)c1ccc(C(F)(F)F)cc1. The van der Waals surface area contributed by atoms with Gasteiger partial charge < -0.3 is 5.11 Å². The number of anilines is 1. The standard InChI is InChI=1S/C26H18F3NO3S/c1-34(32,33)30(20-12-10-19(11-13-20)26(27,28)29)17-16-18-6-2-3-7-21(18)23-14-15-25(31)24-9-5-4-8-22(23)24/h2-15,31H,1H3. The number of hydrogen-bond donors (Lipinski definition) is 1. The number of rotatable bonds is 3. The van der Waals surface area contributed by atoms with Crippen LogP contribution in [0, 0.1) is 12.0 Å². The van der Waals surface area contributed by atoms with E-state index in [-0.39, 0.29) is 11.4 Å². The van der Waals surface area contributed by atoms with Crippen LogP contribution in [0.5, 0.6) is 5.75 Å². The summed E-state index contributed by atoms with van der Waals surface area (Å²) in [6.45, 7) is 0. The topological polar surface area (TPSA) is 57.6 Å². The fraction of sp³-hybridized carbons (Fsp3) is 0.0769. The Kier molecular flexibility index (Phi) is 5.98. The Labute approximate surface area is 194 Å². The first-order valence-electron chi connectivity index (χ1n) is 10.0. The summed E-state index contributed by atoms with van der Waals surface area (Å²) < 4.78 is 64.2. The van der Waals surface area contributed by atoms with Crippen LogP contribution < -0.4 is 4.31 Å². The molecule has 0 spiro atoms. The molecule has 4 rings (SSSR count). The molecular formula is C26H18F3NO3S. The van der Waals surface area contributed by atoms with E-state index in [2.05, 4.69) is 12.0 Å². The number of benzene rings is 4. The second kappa shape index (κ2) is 8.76. The van der Waals surface area contributed by atoms with Crippen molar-refractivity contribution in [1.82, 2.24) is 0 Å². The van der Waals surface area contributed by atoms with Gasteiger partial charge in [-0.25, -0.2) is 8.42 Å². The molecule has 0 unspecified atom stereocenters. The summed E-state index contributed by atoms with van der Waals surface area (Å²) in [5, 5.41) is 11.7. The third-order valence-electron chi connectivity index (χ3n) is 5.17. The molecule has 0 aliphatic heterocycles. The Balaban J connectivity index is 1.81. The van der Waals surface area contributed by atoms with Crippen LogP contribution in [0.25, 0.3) is 21.9 Å². The van der Waals surface area contributed by atoms with Crippen LogP contribution >= 0.6 is 0 Å². The van der Waals surface area contributed by atoms with E-state index in [0.717, 1.165) is 45.8 Å². The maximum absolute atomic E-state index is 12.9. The summed E-state index contributed by atoms with van der Waals surface area (Å²) in [7, 11) is -3.91. The first kappa shape index (κ1) is 23.2. The van der Waals surface area contributed by atoms with Gasteiger partial charge in [0.15, 0.2) is 0 Å². The van der Waals surface area contributed by atoms with Crippen LogP contribution in [0.1, 0.15) is 11.1 Å². The van der Waals surface area contributed by atoms with E-state index in [4.69, 9.17) is 0 Å². The molecule has 0 fully saturated rings. The van der Waals surface area contributed by atoms with Gasteiger partial charge in [0.1, 0.15) is 5.75 Å². The molecule has 0 radical (unpaired) electrons. The Bertz CT molecular complexity index is 1530. The Morgan fingerprint density at radius 2 is 1.41 bits per heavy atom. The number of aromatic hydroxyl groups is 1. The minimum Gasteiger partial charge on any atom is -0.507 e. The Hall–Kier alpha value is -3.96. The van der Waals surface area contributed by atoms with Gasteiger partial charge in [-0.05, 0) is 58.8 Å². The smallest absolute Gasteiger partial charge is 0.416 e. The number of alkyl halides is 3. The summed E-state index contributed by atoms with van der Waals surface area (Å²) >= 11 is 0. The molecule has 34 heavy (non-hydrogen) atoms. The molecule has 4 nitrogen and oxygen atoms in total. The monoisotopic (exact) mass is 481 g/mol. The summed E-state index contributed by atoms with van der Waals surface area (Å²) in [4.78, 5) is 0. The zero-order valence-electron chi connectivity index (χ0n) is 17.8. The predicted octanol–water partition coefficient (Wildman–Crippen LogP) is 6.01. The number of phenolic OH excluding ortho intramolecular Hbond substituents is 1. The van der Waals surface area contributed by atoms with Gasteiger partial charge in [-0.1, -0.05) is 48.5 Å². The van der Waals surface area contributed by atoms with Crippen LogP contribution in [0.3, 0.4) is 0 Å². The molecule has 1 N–H and O–H groups in total. The number of nitrogens with zero attached hydrogens (tertiary/aromatic N) is 1. The van der Waals surface area contributed by atoms with Crippen molar-refractivity contribution >= 4 is 26.5 Å². The lowest BCUT2D eigenvalue weighted by molar-refractivity contribution is -0.137. The highest BCUT2D eigenvalue weighted by Crippen LogP contribution is 2.35. The molecule has 0 aliphatic carbocycles. The molecule has 0 amide bonds. The van der Waals surface area contributed by atoms with Crippen molar-refractivity contribution in [2.24, 2.45) is 0 Å². The Morgan fingerprint density at radius 1 is 0.794 bits per heavy atom. The summed E-state index contributed by atoms with van der Waals surface area (Å²) in [6.07, 6.45) is -3.61. The summed E-state index contributed by atoms with van der Waals surface area (Å²) in [5.41, 5.74) is 1.13. The van der Waals surface area contributed by atoms with E-state index in [1.54, 1.807) is 30.3 Å². The van der Waals surface area contributed by atoms with E-state index in [0.29, 0.717) is 16.5 Å². The van der Waals surface area contributed by atoms with Crippen molar-refractivity contribution in [3.8, 4) is 28.8 Å². The molecule has 172 valence electrons. The fourth-order valence-corrected chi connectivity index (χ4v) is 4.30. The highest BCUT2D eigenvalue weighted by Gasteiger charge is 2.30. The molecule has 0 heterocycles. The minimum absolute atomic E-state index is 0.00411. The van der Waals surface area contributed by atoms with Crippen LogP contribution in [-0.4, -0.2) is 19.8 Å². The van der Waals surface area contributed by atoms with Gasteiger partial charge in [-0.2, -0.15) is 17.5 Å². The maximum atomic E-state index is 12.9. The third kappa shape index (κ3) is 4.70. The summed E-state index contributed by atoms with van der Waals surface area (Å²) in [6, 6.07) is 24.1. The highest BCUT2D eigenvalue weighted by molar-refractivity contribution is 7.92. The van der Waals surface area contributed by atoms with E-state index < -0.39 is 21.8 Å². The maximum Gasteiger partial charge on any atom is 0.416 e. The number of halogens is 3. The Morgan fingerprint density at radius 3 is 2.06 bits per heavy atom. The zero-order valence-corrected chi connectivity index (χ0v) is 18.7. The van der Waals surface area contributed by atoms with Gasteiger partial charge in [-0.3, -0.25) is 0 Å². The first-order valence-corrected chi connectivity index (χ1v) is 11.9. The normalized spacial score (nSPS) is 11.6. The number of hydrogen-bond acceptors (Lipinski definition) is 3. The van der Waals surface area contributed by atoms with Crippen LogP contribution in [0.2, 0.25) is 0 Å². The van der Waals surface area contributed by atoms with E-state index in [1.165, 1.54) is 0 Å². The molecule has 0 aromatic heterocycles. The molecule has 4 aromatic carbocycles. The van der Waals surface area contributed by atoms with E-state index in [9.17, 15) is 26.7 Å². The molecule has 0 saturated heterocycles. The number of phenols is 1. The molecule has 0 bridgehead atoms. The van der Waals surface area contributed by atoms with Crippen molar-refractivity contribution in [3.05, 3.63) is 96.1 Å². The second-order valence-electron chi connectivity index (χ2n) is 7.53. The van der Waals surface area contributed by atoms with Crippen LogP contribution in [-0.2, 0) is 16.2 Å². The zero-order chi connectivity index (χ0) is 24.5. The fourth-order valence-electron chi connectivity index (χ4n) is 3.58. The van der Waals surface area contributed by atoms with Crippen molar-refractivity contribution in [3.63, 3.8) is 0 Å². The quantitative estimate of drug-likeness (QED) is 0.288. The number of fused-ring (bicyclic) bond motifs is 1. The molecule has 0 saturated carbocycles. The minimum atomic E-state index is -4.54. The van der Waals surface area contributed by atoms with E-state index >= 15 is 0 Å². The average molecular weight is 481 g/mol. The lowest BCUT2D eigenvalue weighted by Crippen LogP contribution is -2.24.